The number of carboxylic acid groups (broad SMARTS) is 1. The summed E-state index contributed by atoms with van der Waals surface area (Å²) in [5, 5.41) is 9.43. The van der Waals surface area contributed by atoms with Crippen LogP contribution in [0.25, 0.3) is 11.1 Å². The summed E-state index contributed by atoms with van der Waals surface area (Å²) in [7, 11) is 0. The summed E-state index contributed by atoms with van der Waals surface area (Å²) in [4.78, 5) is 29.5. The molecule has 1 aliphatic carbocycles. The summed E-state index contributed by atoms with van der Waals surface area (Å²) in [6.07, 6.45) is 2.29. The topological polar surface area (TPSA) is 79.7 Å². The SMILES string of the molecule is C[C@H](C(=O)O)N(C(=O)OCC1c2ccccc2-c2ccccc21)c1cccnc1. The highest BCUT2D eigenvalue weighted by Gasteiger charge is 2.32. The van der Waals surface area contributed by atoms with Crippen molar-refractivity contribution in [3.05, 3.63) is 84.2 Å². The summed E-state index contributed by atoms with van der Waals surface area (Å²) >= 11 is 0. The van der Waals surface area contributed by atoms with Gasteiger partial charge in [-0.15, -0.1) is 0 Å². The summed E-state index contributed by atoms with van der Waals surface area (Å²) < 4.78 is 5.62. The number of pyridine rings is 1. The van der Waals surface area contributed by atoms with Crippen molar-refractivity contribution < 1.29 is 19.4 Å². The first-order chi connectivity index (χ1) is 14.1. The lowest BCUT2D eigenvalue weighted by molar-refractivity contribution is -0.138. The third-order valence-electron chi connectivity index (χ3n) is 5.20. The number of ether oxygens (including phenoxy) is 1. The first-order valence-electron chi connectivity index (χ1n) is 9.35. The van der Waals surface area contributed by atoms with Gasteiger partial charge in [-0.2, -0.15) is 0 Å². The van der Waals surface area contributed by atoms with Crippen LogP contribution in [0.3, 0.4) is 0 Å². The summed E-state index contributed by atoms with van der Waals surface area (Å²) in [5.74, 6) is -1.22. The number of anilines is 1. The van der Waals surface area contributed by atoms with Gasteiger partial charge in [0.15, 0.2) is 0 Å². The number of amides is 1. The second kappa shape index (κ2) is 7.75. The van der Waals surface area contributed by atoms with Crippen LogP contribution in [0.1, 0.15) is 24.0 Å². The van der Waals surface area contributed by atoms with E-state index in [1.807, 2.05) is 36.4 Å². The number of fused-ring (bicyclic) bond motifs is 3. The maximum atomic E-state index is 12.9. The van der Waals surface area contributed by atoms with Gasteiger partial charge in [-0.1, -0.05) is 48.5 Å². The van der Waals surface area contributed by atoms with E-state index < -0.39 is 18.1 Å². The zero-order chi connectivity index (χ0) is 20.4. The molecule has 146 valence electrons. The number of hydrogen-bond donors (Lipinski definition) is 1. The first-order valence-corrected chi connectivity index (χ1v) is 9.35. The minimum Gasteiger partial charge on any atom is -0.480 e. The molecular weight excluding hydrogens is 368 g/mol. The molecule has 2 aromatic carbocycles. The molecule has 1 amide bonds. The Morgan fingerprint density at radius 2 is 1.66 bits per heavy atom. The van der Waals surface area contributed by atoms with Crippen LogP contribution in [0.2, 0.25) is 0 Å². The molecule has 0 radical (unpaired) electrons. The average Bonchev–Trinajstić information content (AvgIpc) is 3.07. The number of rotatable bonds is 5. The fourth-order valence-electron chi connectivity index (χ4n) is 3.76. The zero-order valence-electron chi connectivity index (χ0n) is 15.9. The van der Waals surface area contributed by atoms with Crippen molar-refractivity contribution in [2.75, 3.05) is 11.5 Å². The molecule has 0 spiro atoms. The van der Waals surface area contributed by atoms with E-state index in [4.69, 9.17) is 4.74 Å². The Morgan fingerprint density at radius 1 is 1.03 bits per heavy atom. The second-order valence-electron chi connectivity index (χ2n) is 6.90. The molecule has 6 nitrogen and oxygen atoms in total. The van der Waals surface area contributed by atoms with Crippen molar-refractivity contribution in [3.8, 4) is 11.1 Å². The van der Waals surface area contributed by atoms with Gasteiger partial charge in [0.25, 0.3) is 0 Å². The van der Waals surface area contributed by atoms with Gasteiger partial charge >= 0.3 is 12.1 Å². The third kappa shape index (κ3) is 3.45. The quantitative estimate of drug-likeness (QED) is 0.704. The largest absolute Gasteiger partial charge is 0.480 e. The van der Waals surface area contributed by atoms with Gasteiger partial charge in [-0.3, -0.25) is 9.88 Å². The smallest absolute Gasteiger partial charge is 0.415 e. The van der Waals surface area contributed by atoms with E-state index >= 15 is 0 Å². The fourth-order valence-corrected chi connectivity index (χ4v) is 3.76. The Labute approximate surface area is 168 Å². The molecule has 0 saturated carbocycles. The van der Waals surface area contributed by atoms with Crippen LogP contribution >= 0.6 is 0 Å². The molecule has 0 unspecified atom stereocenters. The van der Waals surface area contributed by atoms with Crippen molar-refractivity contribution in [2.45, 2.75) is 18.9 Å². The van der Waals surface area contributed by atoms with E-state index in [0.717, 1.165) is 27.2 Å². The minimum absolute atomic E-state index is 0.0952. The maximum absolute atomic E-state index is 12.9. The molecule has 1 aromatic heterocycles. The second-order valence-corrected chi connectivity index (χ2v) is 6.90. The predicted molar refractivity (Wildman–Crippen MR) is 109 cm³/mol. The summed E-state index contributed by atoms with van der Waals surface area (Å²) in [6, 6.07) is 18.3. The molecule has 1 heterocycles. The number of aromatic nitrogens is 1. The maximum Gasteiger partial charge on any atom is 0.415 e. The van der Waals surface area contributed by atoms with E-state index in [2.05, 4.69) is 17.1 Å². The lowest BCUT2D eigenvalue weighted by Crippen LogP contribution is -2.44. The average molecular weight is 388 g/mol. The van der Waals surface area contributed by atoms with Gasteiger partial charge in [0, 0.05) is 12.1 Å². The van der Waals surface area contributed by atoms with Crippen LogP contribution in [0, 0.1) is 0 Å². The number of nitrogens with zero attached hydrogens (tertiary/aromatic N) is 2. The van der Waals surface area contributed by atoms with E-state index in [1.165, 1.54) is 13.1 Å². The van der Waals surface area contributed by atoms with Crippen molar-refractivity contribution in [3.63, 3.8) is 0 Å². The summed E-state index contributed by atoms with van der Waals surface area (Å²) in [6.45, 7) is 1.56. The zero-order valence-corrected chi connectivity index (χ0v) is 15.9. The summed E-state index contributed by atoms with van der Waals surface area (Å²) in [5.41, 5.74) is 4.83. The highest BCUT2D eigenvalue weighted by atomic mass is 16.6. The molecule has 0 aliphatic heterocycles. The molecule has 1 atom stereocenters. The number of carbonyl (C=O) groups is 2. The molecule has 0 bridgehead atoms. The molecule has 1 N–H and O–H groups in total. The fraction of sp³-hybridized carbons (Fsp3) is 0.174. The van der Waals surface area contributed by atoms with Crippen LogP contribution in [0.15, 0.2) is 73.1 Å². The lowest BCUT2D eigenvalue weighted by Gasteiger charge is -2.26. The Hall–Kier alpha value is -3.67. The van der Waals surface area contributed by atoms with Crippen molar-refractivity contribution >= 4 is 17.7 Å². The first kappa shape index (κ1) is 18.7. The monoisotopic (exact) mass is 388 g/mol. The Bertz CT molecular complexity index is 1010. The number of aliphatic carboxylic acids is 1. The van der Waals surface area contributed by atoms with E-state index in [-0.39, 0.29) is 12.5 Å². The van der Waals surface area contributed by atoms with Crippen molar-refractivity contribution in [1.82, 2.24) is 4.98 Å². The normalized spacial score (nSPS) is 13.3. The number of carboxylic acids is 1. The Kier molecular flexibility index (Phi) is 4.99. The predicted octanol–water partition coefficient (Wildman–Crippen LogP) is 4.31. The molecule has 6 heteroatoms. The van der Waals surface area contributed by atoms with Gasteiger partial charge in [-0.25, -0.2) is 9.59 Å². The van der Waals surface area contributed by atoms with E-state index in [1.54, 1.807) is 18.3 Å². The number of hydrogen-bond acceptors (Lipinski definition) is 4. The number of carbonyl (C=O) groups excluding carboxylic acids is 1. The van der Waals surface area contributed by atoms with Crippen LogP contribution in [-0.2, 0) is 9.53 Å². The van der Waals surface area contributed by atoms with Gasteiger partial charge in [0.05, 0.1) is 11.9 Å². The van der Waals surface area contributed by atoms with Gasteiger partial charge in [-0.05, 0) is 41.3 Å². The van der Waals surface area contributed by atoms with E-state index in [9.17, 15) is 14.7 Å². The highest BCUT2D eigenvalue weighted by Crippen LogP contribution is 2.44. The van der Waals surface area contributed by atoms with Crippen LogP contribution in [0.5, 0.6) is 0 Å². The van der Waals surface area contributed by atoms with E-state index in [0.29, 0.717) is 5.69 Å². The number of benzene rings is 2. The van der Waals surface area contributed by atoms with Crippen molar-refractivity contribution in [2.24, 2.45) is 0 Å². The Morgan fingerprint density at radius 3 is 2.21 bits per heavy atom. The minimum atomic E-state index is -1.12. The molecule has 4 rings (SSSR count). The van der Waals surface area contributed by atoms with Crippen LogP contribution < -0.4 is 4.90 Å². The van der Waals surface area contributed by atoms with Crippen LogP contribution in [-0.4, -0.2) is 34.8 Å². The van der Waals surface area contributed by atoms with Crippen LogP contribution in [0.4, 0.5) is 10.5 Å². The van der Waals surface area contributed by atoms with Gasteiger partial charge in [0.1, 0.15) is 12.6 Å². The molecule has 0 saturated heterocycles. The molecule has 1 aliphatic rings. The molecule has 29 heavy (non-hydrogen) atoms. The molecule has 0 fully saturated rings. The highest BCUT2D eigenvalue weighted by molar-refractivity contribution is 5.94. The van der Waals surface area contributed by atoms with Crippen molar-refractivity contribution in [1.29, 1.82) is 0 Å². The lowest BCUT2D eigenvalue weighted by atomic mass is 9.98. The van der Waals surface area contributed by atoms with Gasteiger partial charge in [0.2, 0.25) is 0 Å². The third-order valence-corrected chi connectivity index (χ3v) is 5.20. The molecular formula is C23H20N2O4. The Balaban J connectivity index is 1.59. The van der Waals surface area contributed by atoms with Gasteiger partial charge < -0.3 is 9.84 Å². The molecule has 3 aromatic rings. The standard InChI is InChI=1S/C23H20N2O4/c1-15(22(26)27)25(16-7-6-12-24-13-16)23(28)29-14-21-19-10-4-2-8-17(19)18-9-3-5-11-20(18)21/h2-13,15,21H,14H2,1H3,(H,26,27)/t15-/m1/s1.